The maximum Gasteiger partial charge on any atom is 0.281 e. The van der Waals surface area contributed by atoms with Crippen LogP contribution in [0.25, 0.3) is 6.08 Å². The van der Waals surface area contributed by atoms with Crippen LogP contribution in [0.3, 0.4) is 0 Å². The molecule has 1 heterocycles. The third kappa shape index (κ3) is 3.41. The van der Waals surface area contributed by atoms with Crippen molar-refractivity contribution >= 4 is 39.3 Å². The summed E-state index contributed by atoms with van der Waals surface area (Å²) < 4.78 is 0.815. The molecular formula is C22H15BrN2O2. The third-order valence-corrected chi connectivity index (χ3v) is 4.71. The minimum absolute atomic E-state index is 0.101. The summed E-state index contributed by atoms with van der Waals surface area (Å²) in [5.41, 5.74) is 3.08. The van der Waals surface area contributed by atoms with Gasteiger partial charge in [0.1, 0.15) is 11.5 Å². The molecule has 0 spiro atoms. The van der Waals surface area contributed by atoms with Crippen molar-refractivity contribution in [3.05, 3.63) is 100 Å². The van der Waals surface area contributed by atoms with Crippen LogP contribution >= 0.6 is 15.9 Å². The first-order valence-corrected chi connectivity index (χ1v) is 9.17. The van der Waals surface area contributed by atoms with Gasteiger partial charge >= 0.3 is 0 Å². The Kier molecular flexibility index (Phi) is 4.60. The number of carbonyl (C=O) groups excluding carboxylic acids is 1. The lowest BCUT2D eigenvalue weighted by molar-refractivity contribution is -0.114. The highest BCUT2D eigenvalue weighted by molar-refractivity contribution is 9.10. The van der Waals surface area contributed by atoms with Crippen LogP contribution in [0.4, 0.5) is 5.69 Å². The van der Waals surface area contributed by atoms with Gasteiger partial charge in [-0.3, -0.25) is 4.79 Å². The van der Waals surface area contributed by atoms with Crippen molar-refractivity contribution in [3.63, 3.8) is 0 Å². The predicted octanol–water partition coefficient (Wildman–Crippen LogP) is 4.99. The van der Waals surface area contributed by atoms with E-state index in [1.54, 1.807) is 24.3 Å². The molecule has 0 unspecified atom stereocenters. The zero-order valence-corrected chi connectivity index (χ0v) is 15.8. The normalized spacial score (nSPS) is 15.3. The van der Waals surface area contributed by atoms with Crippen molar-refractivity contribution < 1.29 is 9.90 Å². The zero-order chi connectivity index (χ0) is 18.8. The Morgan fingerprint density at radius 2 is 1.59 bits per heavy atom. The van der Waals surface area contributed by atoms with E-state index in [-0.39, 0.29) is 11.7 Å². The first kappa shape index (κ1) is 17.2. The average Bonchev–Trinajstić information content (AvgIpc) is 3.02. The van der Waals surface area contributed by atoms with E-state index in [1.165, 1.54) is 5.01 Å². The second-order valence-corrected chi connectivity index (χ2v) is 6.94. The van der Waals surface area contributed by atoms with E-state index < -0.39 is 0 Å². The lowest BCUT2D eigenvalue weighted by Gasteiger charge is -2.11. The molecule has 0 aliphatic carbocycles. The number of phenols is 1. The molecule has 0 radical (unpaired) electrons. The number of rotatable bonds is 3. The molecule has 1 aliphatic heterocycles. The first-order chi connectivity index (χ1) is 13.1. The summed E-state index contributed by atoms with van der Waals surface area (Å²) in [4.78, 5) is 13.1. The van der Waals surface area contributed by atoms with Gasteiger partial charge in [0.25, 0.3) is 5.91 Å². The smallest absolute Gasteiger partial charge is 0.281 e. The van der Waals surface area contributed by atoms with Gasteiger partial charge < -0.3 is 5.11 Å². The summed E-state index contributed by atoms with van der Waals surface area (Å²) in [5, 5.41) is 16.2. The van der Waals surface area contributed by atoms with E-state index in [0.29, 0.717) is 22.5 Å². The lowest BCUT2D eigenvalue weighted by atomic mass is 10.00. The van der Waals surface area contributed by atoms with Gasteiger partial charge in [-0.1, -0.05) is 64.5 Å². The fourth-order valence-electron chi connectivity index (χ4n) is 2.89. The number of phenolic OH excluding ortho intramolecular Hbond substituents is 1. The number of para-hydroxylation sites is 1. The van der Waals surface area contributed by atoms with Crippen molar-refractivity contribution in [1.82, 2.24) is 0 Å². The van der Waals surface area contributed by atoms with Gasteiger partial charge in [-0.05, 0) is 36.4 Å². The zero-order valence-electron chi connectivity index (χ0n) is 14.2. The van der Waals surface area contributed by atoms with Crippen LogP contribution in [-0.4, -0.2) is 16.7 Å². The van der Waals surface area contributed by atoms with Gasteiger partial charge in [0.05, 0.1) is 11.3 Å². The number of anilines is 1. The summed E-state index contributed by atoms with van der Waals surface area (Å²) in [6, 6.07) is 23.9. The minimum Gasteiger partial charge on any atom is -0.507 e. The van der Waals surface area contributed by atoms with Crippen LogP contribution in [0.2, 0.25) is 0 Å². The van der Waals surface area contributed by atoms with Crippen molar-refractivity contribution in [2.75, 3.05) is 5.01 Å². The highest BCUT2D eigenvalue weighted by atomic mass is 79.9. The number of halogens is 1. The SMILES string of the molecule is O=C1/C(=C\c2cc(Br)ccc2O)C(c2ccccc2)=NN1c1ccccc1. The molecule has 132 valence electrons. The van der Waals surface area contributed by atoms with Gasteiger partial charge in [-0.25, -0.2) is 0 Å². The molecule has 0 saturated heterocycles. The molecule has 0 bridgehead atoms. The van der Waals surface area contributed by atoms with Crippen molar-refractivity contribution in [2.24, 2.45) is 5.10 Å². The highest BCUT2D eigenvalue weighted by Crippen LogP contribution is 2.30. The second-order valence-electron chi connectivity index (χ2n) is 6.03. The summed E-state index contributed by atoms with van der Waals surface area (Å²) >= 11 is 3.40. The number of benzene rings is 3. The summed E-state index contributed by atoms with van der Waals surface area (Å²) in [7, 11) is 0. The minimum atomic E-state index is -0.237. The Hall–Kier alpha value is -3.18. The Morgan fingerprint density at radius 1 is 0.926 bits per heavy atom. The second kappa shape index (κ2) is 7.21. The Balaban J connectivity index is 1.86. The maximum absolute atomic E-state index is 13.1. The number of hydrogen-bond donors (Lipinski definition) is 1. The average molecular weight is 419 g/mol. The molecule has 0 saturated carbocycles. The third-order valence-electron chi connectivity index (χ3n) is 4.22. The highest BCUT2D eigenvalue weighted by Gasteiger charge is 2.32. The maximum atomic E-state index is 13.1. The number of carbonyl (C=O) groups is 1. The van der Waals surface area contributed by atoms with Gasteiger partial charge in [0.2, 0.25) is 0 Å². The van der Waals surface area contributed by atoms with Gasteiger partial charge in [-0.15, -0.1) is 0 Å². The molecule has 3 aromatic carbocycles. The molecule has 1 N–H and O–H groups in total. The molecule has 27 heavy (non-hydrogen) atoms. The van der Waals surface area contributed by atoms with Crippen molar-refractivity contribution in [2.45, 2.75) is 0 Å². The van der Waals surface area contributed by atoms with E-state index in [9.17, 15) is 9.90 Å². The number of amides is 1. The molecule has 4 rings (SSSR count). The first-order valence-electron chi connectivity index (χ1n) is 8.37. The molecule has 5 heteroatoms. The molecular weight excluding hydrogens is 404 g/mol. The quantitative estimate of drug-likeness (QED) is 0.609. The molecule has 1 aliphatic rings. The van der Waals surface area contributed by atoms with Gasteiger partial charge in [-0.2, -0.15) is 10.1 Å². The molecule has 4 nitrogen and oxygen atoms in total. The Morgan fingerprint density at radius 3 is 2.30 bits per heavy atom. The molecule has 0 fully saturated rings. The standard InChI is InChI=1S/C22H15BrN2O2/c23-17-11-12-20(26)16(13-17)14-19-21(15-7-3-1-4-8-15)24-25(22(19)27)18-9-5-2-6-10-18/h1-14,26H/b19-14-. The van der Waals surface area contributed by atoms with E-state index in [2.05, 4.69) is 21.0 Å². The number of aromatic hydroxyl groups is 1. The Labute approximate surface area is 165 Å². The summed E-state index contributed by atoms with van der Waals surface area (Å²) in [5.74, 6) is -0.136. The van der Waals surface area contributed by atoms with E-state index >= 15 is 0 Å². The van der Waals surface area contributed by atoms with Crippen molar-refractivity contribution in [3.8, 4) is 5.75 Å². The number of nitrogens with zero attached hydrogens (tertiary/aromatic N) is 2. The largest absolute Gasteiger partial charge is 0.507 e. The van der Waals surface area contributed by atoms with Gasteiger partial charge in [0.15, 0.2) is 0 Å². The topological polar surface area (TPSA) is 52.9 Å². The monoisotopic (exact) mass is 418 g/mol. The van der Waals surface area contributed by atoms with Crippen molar-refractivity contribution in [1.29, 1.82) is 0 Å². The summed E-state index contributed by atoms with van der Waals surface area (Å²) in [6.45, 7) is 0. The van der Waals surface area contributed by atoms with Gasteiger partial charge in [0, 0.05) is 15.6 Å². The van der Waals surface area contributed by atoms with E-state index in [4.69, 9.17) is 0 Å². The van der Waals surface area contributed by atoms with Crippen LogP contribution in [0.1, 0.15) is 11.1 Å². The fourth-order valence-corrected chi connectivity index (χ4v) is 3.27. The predicted molar refractivity (Wildman–Crippen MR) is 111 cm³/mol. The number of hydrogen-bond acceptors (Lipinski definition) is 3. The van der Waals surface area contributed by atoms with E-state index in [0.717, 1.165) is 10.0 Å². The molecule has 1 amide bonds. The van der Waals surface area contributed by atoms with Crippen LogP contribution < -0.4 is 5.01 Å². The number of hydrazone groups is 1. The van der Waals surface area contributed by atoms with Crippen LogP contribution in [-0.2, 0) is 4.79 Å². The Bertz CT molecular complexity index is 1060. The summed E-state index contributed by atoms with van der Waals surface area (Å²) in [6.07, 6.45) is 1.68. The van der Waals surface area contributed by atoms with Crippen LogP contribution in [0, 0.1) is 0 Å². The molecule has 0 aromatic heterocycles. The fraction of sp³-hybridized carbons (Fsp3) is 0. The molecule has 3 aromatic rings. The van der Waals surface area contributed by atoms with Crippen LogP contribution in [0.15, 0.2) is 94.0 Å². The molecule has 0 atom stereocenters. The lowest BCUT2D eigenvalue weighted by Crippen LogP contribution is -2.21. The van der Waals surface area contributed by atoms with Crippen LogP contribution in [0.5, 0.6) is 5.75 Å². The van der Waals surface area contributed by atoms with E-state index in [1.807, 2.05) is 60.7 Å².